The minimum Gasteiger partial charge on any atom is -0.478 e. The van der Waals surface area contributed by atoms with Crippen LogP contribution in [-0.2, 0) is 4.79 Å². The van der Waals surface area contributed by atoms with Crippen LogP contribution in [0.25, 0.3) is 0 Å². The van der Waals surface area contributed by atoms with E-state index < -0.39 is 5.97 Å². The summed E-state index contributed by atoms with van der Waals surface area (Å²) in [7, 11) is 0. The van der Waals surface area contributed by atoms with Gasteiger partial charge in [0.2, 0.25) is 0 Å². The third-order valence-electron chi connectivity index (χ3n) is 4.35. The summed E-state index contributed by atoms with van der Waals surface area (Å²) in [5, 5.41) is 8.76. The third kappa shape index (κ3) is 12.6. The van der Waals surface area contributed by atoms with Crippen molar-refractivity contribution in [2.45, 2.75) is 85.5 Å². The van der Waals surface area contributed by atoms with E-state index in [1.54, 1.807) is 0 Å². The fourth-order valence-corrected chi connectivity index (χ4v) is 2.75. The Morgan fingerprint density at radius 1 is 0.857 bits per heavy atom. The van der Waals surface area contributed by atoms with Crippen LogP contribution in [-0.4, -0.2) is 11.1 Å². The fraction of sp³-hybridized carbons (Fsp3) is 0.842. The van der Waals surface area contributed by atoms with Gasteiger partial charge in [-0.05, 0) is 30.6 Å². The van der Waals surface area contributed by atoms with Gasteiger partial charge in [0.15, 0.2) is 0 Å². The second-order valence-corrected chi connectivity index (χ2v) is 7.27. The van der Waals surface area contributed by atoms with Crippen molar-refractivity contribution >= 4 is 5.97 Å². The molecule has 0 aliphatic carbocycles. The minimum absolute atomic E-state index is 0.348. The largest absolute Gasteiger partial charge is 0.478 e. The smallest absolute Gasteiger partial charge is 0.330 e. The summed E-state index contributed by atoms with van der Waals surface area (Å²) in [5.41, 5.74) is 0.348. The average molecular weight is 296 g/mol. The topological polar surface area (TPSA) is 37.3 Å². The Balaban J connectivity index is 3.54. The van der Waals surface area contributed by atoms with Gasteiger partial charge in [0.05, 0.1) is 0 Å². The minimum atomic E-state index is -0.849. The first-order chi connectivity index (χ1) is 9.82. The molecular formula is C19H36O2. The van der Waals surface area contributed by atoms with Crippen LogP contribution in [0.3, 0.4) is 0 Å². The van der Waals surface area contributed by atoms with E-state index in [2.05, 4.69) is 34.3 Å². The van der Waals surface area contributed by atoms with Crippen LogP contribution in [0.2, 0.25) is 0 Å². The molecule has 0 saturated carbocycles. The Hall–Kier alpha value is -0.790. The second kappa shape index (κ2) is 11.8. The highest BCUT2D eigenvalue weighted by atomic mass is 16.4. The van der Waals surface area contributed by atoms with E-state index in [1.165, 1.54) is 38.5 Å². The quantitative estimate of drug-likeness (QED) is 0.419. The van der Waals surface area contributed by atoms with Crippen LogP contribution in [0.4, 0.5) is 0 Å². The molecule has 2 heteroatoms. The van der Waals surface area contributed by atoms with E-state index >= 15 is 0 Å². The van der Waals surface area contributed by atoms with Gasteiger partial charge >= 0.3 is 5.97 Å². The summed E-state index contributed by atoms with van der Waals surface area (Å²) in [4.78, 5) is 10.7. The van der Waals surface area contributed by atoms with E-state index in [-0.39, 0.29) is 0 Å². The van der Waals surface area contributed by atoms with E-state index in [0.29, 0.717) is 17.9 Å². The molecule has 0 aromatic heterocycles. The first-order valence-electron chi connectivity index (χ1n) is 8.74. The SMILES string of the molecule is C=C(CCCC(C)CCCC(C)CCCC(C)C)C(=O)O. The Labute approximate surface area is 132 Å². The molecule has 0 heterocycles. The maximum absolute atomic E-state index is 10.7. The number of rotatable bonds is 13. The number of hydrogen-bond acceptors (Lipinski definition) is 1. The zero-order valence-electron chi connectivity index (χ0n) is 14.7. The molecule has 0 rings (SSSR count). The molecule has 0 bridgehead atoms. The van der Waals surface area contributed by atoms with Crippen LogP contribution < -0.4 is 0 Å². The molecule has 21 heavy (non-hydrogen) atoms. The van der Waals surface area contributed by atoms with Gasteiger partial charge in [0.25, 0.3) is 0 Å². The first-order valence-corrected chi connectivity index (χ1v) is 8.74. The monoisotopic (exact) mass is 296 g/mol. The predicted molar refractivity (Wildman–Crippen MR) is 91.5 cm³/mol. The lowest BCUT2D eigenvalue weighted by molar-refractivity contribution is -0.132. The second-order valence-electron chi connectivity index (χ2n) is 7.27. The van der Waals surface area contributed by atoms with Gasteiger partial charge in [0.1, 0.15) is 0 Å². The number of carboxylic acid groups (broad SMARTS) is 1. The molecule has 124 valence electrons. The Morgan fingerprint density at radius 2 is 1.29 bits per heavy atom. The first kappa shape index (κ1) is 20.2. The predicted octanol–water partition coefficient (Wildman–Crippen LogP) is 6.07. The lowest BCUT2D eigenvalue weighted by Crippen LogP contribution is -2.02. The van der Waals surface area contributed by atoms with Gasteiger partial charge in [-0.2, -0.15) is 0 Å². The number of carboxylic acids is 1. The molecule has 0 aromatic carbocycles. The van der Waals surface area contributed by atoms with Gasteiger partial charge in [-0.3, -0.25) is 0 Å². The molecule has 1 N–H and O–H groups in total. The molecule has 0 amide bonds. The fourth-order valence-electron chi connectivity index (χ4n) is 2.75. The highest BCUT2D eigenvalue weighted by Crippen LogP contribution is 2.21. The molecule has 0 spiro atoms. The summed E-state index contributed by atoms with van der Waals surface area (Å²) in [6.45, 7) is 12.8. The van der Waals surface area contributed by atoms with Crippen molar-refractivity contribution in [1.82, 2.24) is 0 Å². The van der Waals surface area contributed by atoms with Crippen LogP contribution >= 0.6 is 0 Å². The zero-order chi connectivity index (χ0) is 16.3. The summed E-state index contributed by atoms with van der Waals surface area (Å²) in [6.07, 6.45) is 10.7. The van der Waals surface area contributed by atoms with Crippen molar-refractivity contribution in [2.75, 3.05) is 0 Å². The van der Waals surface area contributed by atoms with Crippen molar-refractivity contribution < 1.29 is 9.90 Å². The lowest BCUT2D eigenvalue weighted by Gasteiger charge is -2.15. The average Bonchev–Trinajstić information content (AvgIpc) is 2.37. The van der Waals surface area contributed by atoms with E-state index in [0.717, 1.165) is 24.7 Å². The molecule has 0 aliphatic rings. The molecular weight excluding hydrogens is 260 g/mol. The van der Waals surface area contributed by atoms with Gasteiger partial charge in [-0.15, -0.1) is 0 Å². The van der Waals surface area contributed by atoms with E-state index in [9.17, 15) is 4.79 Å². The highest BCUT2D eigenvalue weighted by molar-refractivity contribution is 5.85. The molecule has 2 nitrogen and oxygen atoms in total. The normalized spacial score (nSPS) is 14.1. The van der Waals surface area contributed by atoms with Crippen molar-refractivity contribution in [2.24, 2.45) is 17.8 Å². The van der Waals surface area contributed by atoms with Gasteiger partial charge < -0.3 is 5.11 Å². The molecule has 2 unspecified atom stereocenters. The molecule has 0 saturated heterocycles. The maximum atomic E-state index is 10.7. The summed E-state index contributed by atoms with van der Waals surface area (Å²) in [5.74, 6) is 1.54. The Kier molecular flexibility index (Phi) is 11.4. The highest BCUT2D eigenvalue weighted by Gasteiger charge is 2.08. The summed E-state index contributed by atoms with van der Waals surface area (Å²) in [6, 6.07) is 0. The molecule has 0 fully saturated rings. The maximum Gasteiger partial charge on any atom is 0.330 e. The van der Waals surface area contributed by atoms with Crippen molar-refractivity contribution in [3.05, 3.63) is 12.2 Å². The summed E-state index contributed by atoms with van der Waals surface area (Å²) >= 11 is 0. The molecule has 0 radical (unpaired) electrons. The lowest BCUT2D eigenvalue weighted by atomic mass is 9.91. The van der Waals surface area contributed by atoms with Crippen LogP contribution in [0.15, 0.2) is 12.2 Å². The standard InChI is InChI=1S/C19H36O2/c1-15(2)9-6-10-16(3)11-7-12-17(4)13-8-14-18(5)19(20)21/h15-17H,5-14H2,1-4H3,(H,20,21). The number of hydrogen-bond donors (Lipinski definition) is 1. The third-order valence-corrected chi connectivity index (χ3v) is 4.35. The molecule has 0 aliphatic heterocycles. The summed E-state index contributed by atoms with van der Waals surface area (Å²) < 4.78 is 0. The molecule has 0 aromatic rings. The number of carbonyl (C=O) groups is 1. The Bertz CT molecular complexity index is 294. The Morgan fingerprint density at radius 3 is 1.71 bits per heavy atom. The van der Waals surface area contributed by atoms with Crippen LogP contribution in [0.1, 0.15) is 85.5 Å². The van der Waals surface area contributed by atoms with Gasteiger partial charge in [0, 0.05) is 5.57 Å². The van der Waals surface area contributed by atoms with Gasteiger partial charge in [-0.1, -0.05) is 79.2 Å². The number of aliphatic carboxylic acids is 1. The van der Waals surface area contributed by atoms with E-state index in [4.69, 9.17) is 5.11 Å². The van der Waals surface area contributed by atoms with E-state index in [1.807, 2.05) is 0 Å². The van der Waals surface area contributed by atoms with Crippen LogP contribution in [0.5, 0.6) is 0 Å². The van der Waals surface area contributed by atoms with Crippen molar-refractivity contribution in [3.8, 4) is 0 Å². The van der Waals surface area contributed by atoms with Crippen molar-refractivity contribution in [3.63, 3.8) is 0 Å². The molecule has 2 atom stereocenters. The van der Waals surface area contributed by atoms with Crippen LogP contribution in [0, 0.1) is 17.8 Å². The van der Waals surface area contributed by atoms with Crippen molar-refractivity contribution in [1.29, 1.82) is 0 Å². The van der Waals surface area contributed by atoms with Gasteiger partial charge in [-0.25, -0.2) is 4.79 Å². The zero-order valence-corrected chi connectivity index (χ0v) is 14.7.